The van der Waals surface area contributed by atoms with Crippen LogP contribution >= 0.6 is 0 Å². The van der Waals surface area contributed by atoms with Gasteiger partial charge in [-0.15, -0.1) is 0 Å². The number of rotatable bonds is 6. The highest BCUT2D eigenvalue weighted by Crippen LogP contribution is 2.29. The normalized spacial score (nSPS) is 18.5. The van der Waals surface area contributed by atoms with E-state index in [0.29, 0.717) is 6.10 Å². The van der Waals surface area contributed by atoms with E-state index in [9.17, 15) is 0 Å². The van der Waals surface area contributed by atoms with Crippen LogP contribution in [0.1, 0.15) is 24.4 Å². The Morgan fingerprint density at radius 3 is 2.38 bits per heavy atom. The summed E-state index contributed by atoms with van der Waals surface area (Å²) in [6, 6.07) is 5.86. The van der Waals surface area contributed by atoms with Crippen LogP contribution in [-0.4, -0.2) is 52.0 Å². The van der Waals surface area contributed by atoms with E-state index < -0.39 is 0 Å². The molecule has 21 heavy (non-hydrogen) atoms. The summed E-state index contributed by atoms with van der Waals surface area (Å²) in [5, 5.41) is 0. The fourth-order valence-electron chi connectivity index (χ4n) is 2.79. The van der Waals surface area contributed by atoms with Gasteiger partial charge in [0.15, 0.2) is 11.5 Å². The highest BCUT2D eigenvalue weighted by atomic mass is 16.5. The average molecular weight is 294 g/mol. The Hall–Kier alpha value is -1.30. The van der Waals surface area contributed by atoms with Crippen molar-refractivity contribution in [3.05, 3.63) is 23.8 Å². The minimum atomic E-state index is -0.0242. The van der Waals surface area contributed by atoms with Gasteiger partial charge >= 0.3 is 0 Å². The molecule has 0 spiro atoms. The topological polar surface area (TPSA) is 57.0 Å². The summed E-state index contributed by atoms with van der Waals surface area (Å²) < 4.78 is 16.0. The molecule has 1 aromatic carbocycles. The van der Waals surface area contributed by atoms with Crippen molar-refractivity contribution in [3.8, 4) is 11.5 Å². The van der Waals surface area contributed by atoms with Crippen molar-refractivity contribution < 1.29 is 14.2 Å². The number of benzene rings is 1. The zero-order chi connectivity index (χ0) is 15.2. The second kappa shape index (κ2) is 7.64. The molecule has 1 heterocycles. The van der Waals surface area contributed by atoms with E-state index in [4.69, 9.17) is 19.9 Å². The quantitative estimate of drug-likeness (QED) is 0.867. The van der Waals surface area contributed by atoms with Crippen LogP contribution in [0.4, 0.5) is 0 Å². The van der Waals surface area contributed by atoms with E-state index in [1.54, 1.807) is 21.3 Å². The molecule has 1 aliphatic rings. The van der Waals surface area contributed by atoms with E-state index in [2.05, 4.69) is 4.90 Å². The molecule has 1 unspecified atom stereocenters. The lowest BCUT2D eigenvalue weighted by atomic mass is 10.0. The predicted octanol–water partition coefficient (Wildman–Crippen LogP) is 1.81. The van der Waals surface area contributed by atoms with Gasteiger partial charge in [0.05, 0.1) is 20.3 Å². The molecule has 1 saturated heterocycles. The van der Waals surface area contributed by atoms with Gasteiger partial charge in [-0.25, -0.2) is 0 Å². The molecular weight excluding hydrogens is 268 g/mol. The highest BCUT2D eigenvalue weighted by Gasteiger charge is 2.21. The van der Waals surface area contributed by atoms with Gasteiger partial charge in [-0.05, 0) is 30.5 Å². The van der Waals surface area contributed by atoms with Crippen molar-refractivity contribution in [2.45, 2.75) is 25.0 Å². The van der Waals surface area contributed by atoms with Crippen molar-refractivity contribution in [2.24, 2.45) is 5.73 Å². The van der Waals surface area contributed by atoms with Crippen LogP contribution in [0.2, 0.25) is 0 Å². The number of ether oxygens (including phenoxy) is 3. The van der Waals surface area contributed by atoms with E-state index in [1.165, 1.54) is 0 Å². The third kappa shape index (κ3) is 4.09. The lowest BCUT2D eigenvalue weighted by Crippen LogP contribution is -2.40. The van der Waals surface area contributed by atoms with Crippen LogP contribution < -0.4 is 15.2 Å². The van der Waals surface area contributed by atoms with Crippen LogP contribution in [0.3, 0.4) is 0 Å². The van der Waals surface area contributed by atoms with Gasteiger partial charge in [0.25, 0.3) is 0 Å². The van der Waals surface area contributed by atoms with Crippen molar-refractivity contribution in [2.75, 3.05) is 41.0 Å². The number of hydrogen-bond acceptors (Lipinski definition) is 5. The molecule has 1 aliphatic heterocycles. The molecule has 1 aromatic rings. The molecule has 2 rings (SSSR count). The van der Waals surface area contributed by atoms with Crippen LogP contribution in [0, 0.1) is 0 Å². The number of likely N-dealkylation sites (tertiary alicyclic amines) is 1. The number of piperidine rings is 1. The van der Waals surface area contributed by atoms with Crippen molar-refractivity contribution in [1.82, 2.24) is 4.90 Å². The minimum Gasteiger partial charge on any atom is -0.493 e. The molecule has 5 heteroatoms. The summed E-state index contributed by atoms with van der Waals surface area (Å²) in [7, 11) is 5.07. The summed E-state index contributed by atoms with van der Waals surface area (Å²) in [5.41, 5.74) is 7.41. The largest absolute Gasteiger partial charge is 0.493 e. The maximum absolute atomic E-state index is 6.34. The standard InChI is InChI=1S/C16H26N2O3/c1-19-13-6-8-18(9-7-13)11-14(17)12-4-5-15(20-2)16(10-12)21-3/h4-5,10,13-14H,6-9,11,17H2,1-3H3. The van der Waals surface area contributed by atoms with E-state index in [-0.39, 0.29) is 6.04 Å². The molecule has 0 radical (unpaired) electrons. The van der Waals surface area contributed by atoms with E-state index in [1.807, 2.05) is 18.2 Å². The Balaban J connectivity index is 1.95. The third-order valence-corrected chi connectivity index (χ3v) is 4.16. The Morgan fingerprint density at radius 2 is 1.81 bits per heavy atom. The molecular formula is C16H26N2O3. The maximum atomic E-state index is 6.34. The molecule has 0 bridgehead atoms. The first-order valence-electron chi connectivity index (χ1n) is 7.40. The SMILES string of the molecule is COc1ccc(C(N)CN2CCC(OC)CC2)cc1OC. The monoisotopic (exact) mass is 294 g/mol. The molecule has 0 aliphatic carbocycles. The molecule has 5 nitrogen and oxygen atoms in total. The molecule has 0 amide bonds. The highest BCUT2D eigenvalue weighted by molar-refractivity contribution is 5.43. The summed E-state index contributed by atoms with van der Waals surface area (Å²) >= 11 is 0. The van der Waals surface area contributed by atoms with Crippen LogP contribution in [0.5, 0.6) is 11.5 Å². The fourth-order valence-corrected chi connectivity index (χ4v) is 2.79. The smallest absolute Gasteiger partial charge is 0.161 e. The van der Waals surface area contributed by atoms with Gasteiger partial charge in [-0.2, -0.15) is 0 Å². The summed E-state index contributed by atoms with van der Waals surface area (Å²) in [6.07, 6.45) is 2.56. The molecule has 1 fully saturated rings. The Morgan fingerprint density at radius 1 is 1.14 bits per heavy atom. The van der Waals surface area contributed by atoms with Gasteiger partial charge in [-0.3, -0.25) is 0 Å². The van der Waals surface area contributed by atoms with Crippen molar-refractivity contribution in [3.63, 3.8) is 0 Å². The van der Waals surface area contributed by atoms with Gasteiger partial charge in [-0.1, -0.05) is 6.07 Å². The zero-order valence-corrected chi connectivity index (χ0v) is 13.2. The van der Waals surface area contributed by atoms with Gasteiger partial charge in [0.2, 0.25) is 0 Å². The summed E-state index contributed by atoms with van der Waals surface area (Å²) in [5.74, 6) is 1.46. The van der Waals surface area contributed by atoms with Crippen LogP contribution in [0.15, 0.2) is 18.2 Å². The number of hydrogen-bond donors (Lipinski definition) is 1. The van der Waals surface area contributed by atoms with Crippen LogP contribution in [-0.2, 0) is 4.74 Å². The van der Waals surface area contributed by atoms with Gasteiger partial charge in [0, 0.05) is 32.8 Å². The van der Waals surface area contributed by atoms with Crippen LogP contribution in [0.25, 0.3) is 0 Å². The summed E-state index contributed by atoms with van der Waals surface area (Å²) in [6.45, 7) is 2.94. The zero-order valence-electron chi connectivity index (χ0n) is 13.2. The van der Waals surface area contributed by atoms with Crippen molar-refractivity contribution >= 4 is 0 Å². The fraction of sp³-hybridized carbons (Fsp3) is 0.625. The van der Waals surface area contributed by atoms with Gasteiger partial charge < -0.3 is 24.8 Å². The molecule has 1 atom stereocenters. The number of nitrogens with zero attached hydrogens (tertiary/aromatic N) is 1. The van der Waals surface area contributed by atoms with Crippen molar-refractivity contribution in [1.29, 1.82) is 0 Å². The first-order chi connectivity index (χ1) is 10.2. The first kappa shape index (κ1) is 16.1. The third-order valence-electron chi connectivity index (χ3n) is 4.16. The number of nitrogens with two attached hydrogens (primary N) is 1. The Bertz CT molecular complexity index is 445. The minimum absolute atomic E-state index is 0.0242. The molecule has 0 saturated carbocycles. The average Bonchev–Trinajstić information content (AvgIpc) is 2.54. The second-order valence-corrected chi connectivity index (χ2v) is 5.46. The molecule has 0 aromatic heterocycles. The Kier molecular flexibility index (Phi) is 5.85. The lowest BCUT2D eigenvalue weighted by molar-refractivity contribution is 0.0395. The molecule has 118 valence electrons. The molecule has 2 N–H and O–H groups in total. The van der Waals surface area contributed by atoms with E-state index in [0.717, 1.165) is 49.5 Å². The second-order valence-electron chi connectivity index (χ2n) is 5.46. The maximum Gasteiger partial charge on any atom is 0.161 e. The van der Waals surface area contributed by atoms with E-state index >= 15 is 0 Å². The Labute approximate surface area is 127 Å². The number of methoxy groups -OCH3 is 3. The predicted molar refractivity (Wildman–Crippen MR) is 82.9 cm³/mol. The van der Waals surface area contributed by atoms with Gasteiger partial charge in [0.1, 0.15) is 0 Å². The lowest BCUT2D eigenvalue weighted by Gasteiger charge is -2.32. The first-order valence-corrected chi connectivity index (χ1v) is 7.40. The summed E-state index contributed by atoms with van der Waals surface area (Å²) in [4.78, 5) is 2.40.